The van der Waals surface area contributed by atoms with Gasteiger partial charge in [0.2, 0.25) is 0 Å². The molecule has 25 heavy (non-hydrogen) atoms. The number of rotatable bonds is 2. The van der Waals surface area contributed by atoms with Crippen molar-refractivity contribution >= 4 is 27.7 Å². The average molecular weight is 330 g/mol. The maximum Gasteiger partial charge on any atom is 0.272 e. The Morgan fingerprint density at radius 1 is 1.04 bits per heavy atom. The van der Waals surface area contributed by atoms with Gasteiger partial charge in [0.25, 0.3) is 5.91 Å². The van der Waals surface area contributed by atoms with Crippen LogP contribution in [0.25, 0.3) is 21.8 Å². The van der Waals surface area contributed by atoms with Gasteiger partial charge in [-0.15, -0.1) is 0 Å². The van der Waals surface area contributed by atoms with Crippen LogP contribution in [0.2, 0.25) is 0 Å². The SMILES string of the molecule is O=C(N[C@H]1CCCc2c1[nH]c1ccccc21)c1n[nH]c2ccccc12. The number of fused-ring (bicyclic) bond motifs is 4. The first-order valence-corrected chi connectivity index (χ1v) is 8.65. The number of H-pyrrole nitrogens is 2. The van der Waals surface area contributed by atoms with Crippen molar-refractivity contribution in [2.24, 2.45) is 0 Å². The van der Waals surface area contributed by atoms with Crippen molar-refractivity contribution in [3.8, 4) is 0 Å². The highest BCUT2D eigenvalue weighted by Gasteiger charge is 2.26. The second-order valence-electron chi connectivity index (χ2n) is 6.60. The normalized spacial score (nSPS) is 16.9. The minimum Gasteiger partial charge on any atom is -0.356 e. The van der Waals surface area contributed by atoms with Crippen LogP contribution in [-0.4, -0.2) is 21.1 Å². The topological polar surface area (TPSA) is 73.6 Å². The fraction of sp³-hybridized carbons (Fsp3) is 0.200. The molecule has 2 aromatic heterocycles. The monoisotopic (exact) mass is 330 g/mol. The Morgan fingerprint density at radius 3 is 2.68 bits per heavy atom. The van der Waals surface area contributed by atoms with Gasteiger partial charge in [-0.05, 0) is 37.0 Å². The van der Waals surface area contributed by atoms with Crippen LogP contribution in [0.3, 0.4) is 0 Å². The van der Waals surface area contributed by atoms with Crippen LogP contribution in [0.1, 0.15) is 40.6 Å². The van der Waals surface area contributed by atoms with Crippen LogP contribution in [0, 0.1) is 0 Å². The van der Waals surface area contributed by atoms with E-state index < -0.39 is 0 Å². The van der Waals surface area contributed by atoms with Gasteiger partial charge >= 0.3 is 0 Å². The zero-order valence-electron chi connectivity index (χ0n) is 13.7. The largest absolute Gasteiger partial charge is 0.356 e. The molecule has 5 nitrogen and oxygen atoms in total. The summed E-state index contributed by atoms with van der Waals surface area (Å²) in [7, 11) is 0. The molecular weight excluding hydrogens is 312 g/mol. The van der Waals surface area contributed by atoms with E-state index in [0.29, 0.717) is 5.69 Å². The third-order valence-corrected chi connectivity index (χ3v) is 5.11. The lowest BCUT2D eigenvalue weighted by atomic mass is 9.91. The van der Waals surface area contributed by atoms with E-state index in [-0.39, 0.29) is 11.9 Å². The number of amides is 1. The zero-order chi connectivity index (χ0) is 16.8. The standard InChI is InChI=1S/C20H18N4O/c25-20(19-14-7-2-4-10-16(14)23-24-19)22-17-11-5-8-13-12-6-1-3-9-15(12)21-18(13)17/h1-4,6-7,9-10,17,21H,5,8,11H2,(H,22,25)(H,23,24)/t17-/m0/s1. The van der Waals surface area contributed by atoms with E-state index in [0.717, 1.165) is 41.4 Å². The molecule has 1 aliphatic carbocycles. The molecule has 0 bridgehead atoms. The van der Waals surface area contributed by atoms with Crippen molar-refractivity contribution in [3.63, 3.8) is 0 Å². The number of aromatic amines is 2. The Hall–Kier alpha value is -3.08. The summed E-state index contributed by atoms with van der Waals surface area (Å²) >= 11 is 0. The van der Waals surface area contributed by atoms with Crippen molar-refractivity contribution in [2.45, 2.75) is 25.3 Å². The van der Waals surface area contributed by atoms with Crippen LogP contribution in [0.15, 0.2) is 48.5 Å². The maximum atomic E-state index is 12.8. The van der Waals surface area contributed by atoms with Gasteiger partial charge in [0.15, 0.2) is 5.69 Å². The molecule has 0 spiro atoms. The van der Waals surface area contributed by atoms with Gasteiger partial charge in [-0.1, -0.05) is 36.4 Å². The van der Waals surface area contributed by atoms with Crippen LogP contribution >= 0.6 is 0 Å². The average Bonchev–Trinajstić information content (AvgIpc) is 3.24. The summed E-state index contributed by atoms with van der Waals surface area (Å²) in [5.74, 6) is -0.131. The number of aryl methyl sites for hydroxylation is 1. The van der Waals surface area contributed by atoms with Gasteiger partial charge in [0.05, 0.1) is 11.6 Å². The number of aromatic nitrogens is 3. The molecule has 0 unspecified atom stereocenters. The molecule has 5 rings (SSSR count). The van der Waals surface area contributed by atoms with Gasteiger partial charge in [0, 0.05) is 22.0 Å². The van der Waals surface area contributed by atoms with Crippen molar-refractivity contribution in [2.75, 3.05) is 0 Å². The Labute approximate surface area is 144 Å². The Bertz CT molecular complexity index is 1090. The molecule has 0 radical (unpaired) electrons. The van der Waals surface area contributed by atoms with Gasteiger partial charge in [-0.25, -0.2) is 0 Å². The molecule has 3 N–H and O–H groups in total. The predicted molar refractivity (Wildman–Crippen MR) is 97.5 cm³/mol. The van der Waals surface area contributed by atoms with Crippen LogP contribution in [0.5, 0.6) is 0 Å². The van der Waals surface area contributed by atoms with Crippen molar-refractivity contribution in [1.82, 2.24) is 20.5 Å². The van der Waals surface area contributed by atoms with Gasteiger partial charge in [-0.3, -0.25) is 9.89 Å². The molecule has 1 atom stereocenters. The first-order chi connectivity index (χ1) is 12.3. The molecule has 0 saturated heterocycles. The lowest BCUT2D eigenvalue weighted by Gasteiger charge is -2.23. The molecule has 5 heteroatoms. The lowest BCUT2D eigenvalue weighted by Crippen LogP contribution is -2.31. The summed E-state index contributed by atoms with van der Waals surface area (Å²) in [5, 5.41) is 12.4. The van der Waals surface area contributed by atoms with E-state index in [1.165, 1.54) is 10.9 Å². The van der Waals surface area contributed by atoms with Gasteiger partial charge in [-0.2, -0.15) is 5.10 Å². The fourth-order valence-electron chi connectivity index (χ4n) is 3.92. The van der Waals surface area contributed by atoms with Gasteiger partial charge in [0.1, 0.15) is 0 Å². The highest BCUT2D eigenvalue weighted by molar-refractivity contribution is 6.04. The Balaban J connectivity index is 1.50. The first-order valence-electron chi connectivity index (χ1n) is 8.65. The highest BCUT2D eigenvalue weighted by atomic mass is 16.2. The number of hydrogen-bond donors (Lipinski definition) is 3. The second kappa shape index (κ2) is 5.48. The smallest absolute Gasteiger partial charge is 0.272 e. The minimum absolute atomic E-state index is 0.000822. The summed E-state index contributed by atoms with van der Waals surface area (Å²) < 4.78 is 0. The molecule has 4 aromatic rings. The summed E-state index contributed by atoms with van der Waals surface area (Å²) in [6, 6.07) is 16.0. The molecule has 124 valence electrons. The number of benzene rings is 2. The molecule has 2 aromatic carbocycles. The van der Waals surface area contributed by atoms with Crippen molar-refractivity contribution in [3.05, 3.63) is 65.5 Å². The highest BCUT2D eigenvalue weighted by Crippen LogP contribution is 2.34. The van der Waals surface area contributed by atoms with Crippen molar-refractivity contribution in [1.29, 1.82) is 0 Å². The maximum absolute atomic E-state index is 12.8. The second-order valence-corrected chi connectivity index (χ2v) is 6.60. The summed E-state index contributed by atoms with van der Waals surface area (Å²) in [5.41, 5.74) is 4.94. The van der Waals surface area contributed by atoms with Crippen LogP contribution < -0.4 is 5.32 Å². The zero-order valence-corrected chi connectivity index (χ0v) is 13.7. The molecule has 2 heterocycles. The third kappa shape index (κ3) is 2.23. The van der Waals surface area contributed by atoms with E-state index in [1.807, 2.05) is 30.3 Å². The number of para-hydroxylation sites is 2. The van der Waals surface area contributed by atoms with Crippen LogP contribution in [0.4, 0.5) is 0 Å². The molecule has 1 amide bonds. The lowest BCUT2D eigenvalue weighted by molar-refractivity contribution is 0.0928. The molecule has 0 fully saturated rings. The number of nitrogens with one attached hydrogen (secondary N) is 3. The number of nitrogens with zero attached hydrogens (tertiary/aromatic N) is 1. The summed E-state index contributed by atoms with van der Waals surface area (Å²) in [6.45, 7) is 0. The fourth-order valence-corrected chi connectivity index (χ4v) is 3.92. The van der Waals surface area contributed by atoms with Crippen molar-refractivity contribution < 1.29 is 4.79 Å². The molecule has 0 saturated carbocycles. The summed E-state index contributed by atoms with van der Waals surface area (Å²) in [6.07, 6.45) is 3.06. The first kappa shape index (κ1) is 14.3. The van der Waals surface area contributed by atoms with E-state index in [9.17, 15) is 4.79 Å². The van der Waals surface area contributed by atoms with Crippen LogP contribution in [-0.2, 0) is 6.42 Å². The number of carbonyl (C=O) groups is 1. The molecular formula is C20H18N4O. The summed E-state index contributed by atoms with van der Waals surface area (Å²) in [4.78, 5) is 16.3. The quantitative estimate of drug-likeness (QED) is 0.522. The van der Waals surface area contributed by atoms with E-state index in [1.54, 1.807) is 0 Å². The Morgan fingerprint density at radius 2 is 1.80 bits per heavy atom. The van der Waals surface area contributed by atoms with Gasteiger partial charge < -0.3 is 10.3 Å². The van der Waals surface area contributed by atoms with E-state index >= 15 is 0 Å². The minimum atomic E-state index is -0.131. The van der Waals surface area contributed by atoms with E-state index in [4.69, 9.17) is 0 Å². The van der Waals surface area contributed by atoms with E-state index in [2.05, 4.69) is 38.7 Å². The third-order valence-electron chi connectivity index (χ3n) is 5.11. The Kier molecular flexibility index (Phi) is 3.13. The molecule has 0 aliphatic heterocycles. The number of hydrogen-bond acceptors (Lipinski definition) is 2. The molecule has 1 aliphatic rings. The number of carbonyl (C=O) groups excluding carboxylic acids is 1. The predicted octanol–water partition coefficient (Wildman–Crippen LogP) is 3.85.